The monoisotopic (exact) mass is 398 g/mol. The number of pyridine rings is 1. The number of carbonyl (C=O) groups is 1. The SMILES string of the molecule is O=C(NCc1ccc(P(=O)(O)C2CCNCC2)cc1)c1ccc2nccn2c1. The molecule has 1 aliphatic rings. The zero-order valence-corrected chi connectivity index (χ0v) is 16.3. The molecule has 1 amide bonds. The van der Waals surface area contributed by atoms with Crippen molar-refractivity contribution < 1.29 is 14.3 Å². The van der Waals surface area contributed by atoms with Crippen LogP contribution in [0.5, 0.6) is 0 Å². The Bertz CT molecular complexity index is 1030. The van der Waals surface area contributed by atoms with Crippen LogP contribution in [-0.2, 0) is 11.1 Å². The van der Waals surface area contributed by atoms with E-state index in [9.17, 15) is 14.3 Å². The van der Waals surface area contributed by atoms with Gasteiger partial charge in [-0.25, -0.2) is 4.98 Å². The summed E-state index contributed by atoms with van der Waals surface area (Å²) < 4.78 is 14.7. The Morgan fingerprint density at radius 1 is 1.21 bits per heavy atom. The Morgan fingerprint density at radius 2 is 1.96 bits per heavy atom. The number of carbonyl (C=O) groups excluding carboxylic acids is 1. The molecule has 0 aliphatic carbocycles. The zero-order valence-electron chi connectivity index (χ0n) is 15.4. The lowest BCUT2D eigenvalue weighted by molar-refractivity contribution is 0.0950. The Hall–Kier alpha value is -2.47. The van der Waals surface area contributed by atoms with Gasteiger partial charge in [0, 0.05) is 36.1 Å². The fraction of sp³-hybridized carbons (Fsp3) is 0.300. The number of fused-ring (bicyclic) bond motifs is 1. The topological polar surface area (TPSA) is 95.7 Å². The van der Waals surface area contributed by atoms with E-state index in [4.69, 9.17) is 0 Å². The molecule has 0 bridgehead atoms. The molecule has 4 rings (SSSR count). The normalized spacial score (nSPS) is 17.3. The summed E-state index contributed by atoms with van der Waals surface area (Å²) in [7, 11) is -3.38. The molecule has 1 saturated heterocycles. The molecule has 2 aromatic heterocycles. The minimum absolute atomic E-state index is 0.179. The van der Waals surface area contributed by atoms with Gasteiger partial charge in [0.05, 0.1) is 5.56 Å². The number of hydrogen-bond donors (Lipinski definition) is 3. The first-order valence-corrected chi connectivity index (χ1v) is 11.1. The third-order valence-corrected chi connectivity index (χ3v) is 7.76. The smallest absolute Gasteiger partial charge is 0.253 e. The molecule has 0 radical (unpaired) electrons. The summed E-state index contributed by atoms with van der Waals surface area (Å²) in [6, 6.07) is 10.6. The lowest BCUT2D eigenvalue weighted by Gasteiger charge is -2.27. The van der Waals surface area contributed by atoms with Crippen LogP contribution in [0.2, 0.25) is 0 Å². The van der Waals surface area contributed by atoms with E-state index in [-0.39, 0.29) is 11.6 Å². The zero-order chi connectivity index (χ0) is 19.6. The van der Waals surface area contributed by atoms with Crippen LogP contribution in [0, 0.1) is 0 Å². The first kappa shape index (κ1) is 18.9. The highest BCUT2D eigenvalue weighted by molar-refractivity contribution is 7.66. The first-order chi connectivity index (χ1) is 13.5. The summed E-state index contributed by atoms with van der Waals surface area (Å²) >= 11 is 0. The van der Waals surface area contributed by atoms with E-state index in [0.29, 0.717) is 30.3 Å². The molecule has 8 heteroatoms. The summed E-state index contributed by atoms with van der Waals surface area (Å²) in [6.07, 6.45) is 6.64. The fourth-order valence-corrected chi connectivity index (χ4v) is 5.49. The number of benzene rings is 1. The van der Waals surface area contributed by atoms with Crippen LogP contribution in [0.4, 0.5) is 0 Å². The van der Waals surface area contributed by atoms with Crippen LogP contribution in [-0.4, -0.2) is 38.9 Å². The molecule has 28 heavy (non-hydrogen) atoms. The molecular formula is C20H23N4O3P. The number of amides is 1. The van der Waals surface area contributed by atoms with E-state index < -0.39 is 7.37 Å². The van der Waals surface area contributed by atoms with Crippen LogP contribution >= 0.6 is 7.37 Å². The molecule has 3 N–H and O–H groups in total. The number of imidazole rings is 1. The van der Waals surface area contributed by atoms with Gasteiger partial charge in [0.15, 0.2) is 0 Å². The number of piperidine rings is 1. The Balaban J connectivity index is 1.40. The average molecular weight is 398 g/mol. The predicted octanol–water partition coefficient (Wildman–Crippen LogP) is 1.91. The third-order valence-electron chi connectivity index (χ3n) is 5.21. The number of nitrogens with zero attached hydrogens (tertiary/aromatic N) is 2. The van der Waals surface area contributed by atoms with Gasteiger partial charge in [-0.1, -0.05) is 12.1 Å². The van der Waals surface area contributed by atoms with Crippen molar-refractivity contribution in [2.24, 2.45) is 0 Å². The van der Waals surface area contributed by atoms with Crippen molar-refractivity contribution in [3.8, 4) is 0 Å². The second-order valence-electron chi connectivity index (χ2n) is 7.06. The molecule has 146 valence electrons. The predicted molar refractivity (Wildman–Crippen MR) is 108 cm³/mol. The highest BCUT2D eigenvalue weighted by Gasteiger charge is 2.33. The third kappa shape index (κ3) is 3.87. The van der Waals surface area contributed by atoms with Gasteiger partial charge in [-0.05, 0) is 55.8 Å². The Kier molecular flexibility index (Phi) is 5.31. The van der Waals surface area contributed by atoms with Crippen LogP contribution < -0.4 is 15.9 Å². The second-order valence-corrected chi connectivity index (χ2v) is 9.56. The van der Waals surface area contributed by atoms with Crippen LogP contribution in [0.3, 0.4) is 0 Å². The van der Waals surface area contributed by atoms with Crippen molar-refractivity contribution in [2.45, 2.75) is 25.0 Å². The van der Waals surface area contributed by atoms with Gasteiger partial charge < -0.3 is 19.9 Å². The van der Waals surface area contributed by atoms with Crippen LogP contribution in [0.1, 0.15) is 28.8 Å². The highest BCUT2D eigenvalue weighted by atomic mass is 31.2. The maximum Gasteiger partial charge on any atom is 0.253 e. The van der Waals surface area contributed by atoms with Gasteiger partial charge in [0.2, 0.25) is 7.37 Å². The number of hydrogen-bond acceptors (Lipinski definition) is 4. The van der Waals surface area contributed by atoms with E-state index in [1.165, 1.54) is 0 Å². The fourth-order valence-electron chi connectivity index (χ4n) is 3.53. The summed E-state index contributed by atoms with van der Waals surface area (Å²) in [6.45, 7) is 1.92. The van der Waals surface area contributed by atoms with Crippen molar-refractivity contribution in [3.05, 3.63) is 66.1 Å². The van der Waals surface area contributed by atoms with Crippen LogP contribution in [0.15, 0.2) is 55.0 Å². The minimum atomic E-state index is -3.38. The average Bonchev–Trinajstić information content (AvgIpc) is 3.21. The van der Waals surface area contributed by atoms with Crippen molar-refractivity contribution in [1.29, 1.82) is 0 Å². The van der Waals surface area contributed by atoms with Gasteiger partial charge >= 0.3 is 0 Å². The summed E-state index contributed by atoms with van der Waals surface area (Å²) in [4.78, 5) is 27.1. The largest absolute Gasteiger partial charge is 0.348 e. The second kappa shape index (κ2) is 7.87. The molecule has 1 aromatic carbocycles. The van der Waals surface area contributed by atoms with E-state index in [1.807, 2.05) is 0 Å². The lowest BCUT2D eigenvalue weighted by atomic mass is 10.2. The Labute approximate surface area is 163 Å². The van der Waals surface area contributed by atoms with Crippen molar-refractivity contribution >= 4 is 24.2 Å². The molecule has 1 unspecified atom stereocenters. The van der Waals surface area contributed by atoms with Gasteiger partial charge in [-0.2, -0.15) is 0 Å². The van der Waals surface area contributed by atoms with Crippen LogP contribution in [0.25, 0.3) is 5.65 Å². The van der Waals surface area contributed by atoms with Gasteiger partial charge in [-0.3, -0.25) is 9.36 Å². The van der Waals surface area contributed by atoms with Gasteiger partial charge in [0.25, 0.3) is 5.91 Å². The van der Waals surface area contributed by atoms with Gasteiger partial charge in [-0.15, -0.1) is 0 Å². The Morgan fingerprint density at radius 3 is 2.71 bits per heavy atom. The van der Waals surface area contributed by atoms with E-state index in [0.717, 1.165) is 24.3 Å². The molecule has 3 heterocycles. The quantitative estimate of drug-likeness (QED) is 0.571. The highest BCUT2D eigenvalue weighted by Crippen LogP contribution is 2.48. The van der Waals surface area contributed by atoms with E-state index >= 15 is 0 Å². The minimum Gasteiger partial charge on any atom is -0.348 e. The molecule has 3 aromatic rings. The number of aromatic nitrogens is 2. The molecule has 7 nitrogen and oxygen atoms in total. The number of nitrogens with one attached hydrogen (secondary N) is 2. The summed E-state index contributed by atoms with van der Waals surface area (Å²) in [5.74, 6) is -0.179. The first-order valence-electron chi connectivity index (χ1n) is 9.38. The lowest BCUT2D eigenvalue weighted by Crippen LogP contribution is -2.32. The maximum atomic E-state index is 12.9. The van der Waals surface area contributed by atoms with Crippen molar-refractivity contribution in [3.63, 3.8) is 0 Å². The van der Waals surface area contributed by atoms with Crippen molar-refractivity contribution in [2.75, 3.05) is 13.1 Å². The molecule has 0 spiro atoms. The van der Waals surface area contributed by atoms with E-state index in [2.05, 4.69) is 15.6 Å². The summed E-state index contributed by atoms with van der Waals surface area (Å²) in [5, 5.41) is 6.59. The molecule has 0 saturated carbocycles. The van der Waals surface area contributed by atoms with Gasteiger partial charge in [0.1, 0.15) is 5.65 Å². The van der Waals surface area contributed by atoms with Crippen molar-refractivity contribution in [1.82, 2.24) is 20.0 Å². The maximum absolute atomic E-state index is 12.9. The molecule has 1 atom stereocenters. The van der Waals surface area contributed by atoms with E-state index in [1.54, 1.807) is 59.4 Å². The molecule has 1 fully saturated rings. The number of rotatable bonds is 5. The molecule has 1 aliphatic heterocycles. The summed E-state index contributed by atoms with van der Waals surface area (Å²) in [5.41, 5.74) is 2.03. The standard InChI is InChI=1S/C20H23N4O3P/c25-20(16-3-6-19-22-11-12-24(19)14-16)23-13-15-1-4-17(5-2-15)28(26,27)18-7-9-21-10-8-18/h1-6,11-12,14,18,21H,7-10,13H2,(H,23,25)(H,26,27). The molecular weight excluding hydrogens is 375 g/mol.